The largest absolute Gasteiger partial charge is 0.449 e. The van der Waals surface area contributed by atoms with E-state index in [0.29, 0.717) is 0 Å². The minimum absolute atomic E-state index is 0.400. The molecule has 2 heteroatoms. The summed E-state index contributed by atoms with van der Waals surface area (Å²) in [5.74, 6) is -0.409. The zero-order chi connectivity index (χ0) is 15.9. The number of esters is 1. The molecule has 0 unspecified atom stereocenters. The van der Waals surface area contributed by atoms with Crippen molar-refractivity contribution in [2.45, 2.75) is 32.8 Å². The minimum atomic E-state index is -0.409. The molecule has 0 aromatic heterocycles. The van der Waals surface area contributed by atoms with E-state index in [4.69, 9.17) is 4.74 Å². The second-order valence-electron chi connectivity index (χ2n) is 5.22. The van der Waals surface area contributed by atoms with Crippen molar-refractivity contribution in [2.24, 2.45) is 0 Å². The normalized spacial score (nSPS) is 10.5. The van der Waals surface area contributed by atoms with Crippen LogP contribution in [0.15, 0.2) is 61.2 Å². The van der Waals surface area contributed by atoms with Gasteiger partial charge in [0.05, 0.1) is 0 Å². The number of hydrogen-bond donors (Lipinski definition) is 0. The molecule has 0 saturated carbocycles. The highest BCUT2D eigenvalue weighted by molar-refractivity contribution is 5.81. The lowest BCUT2D eigenvalue weighted by Crippen LogP contribution is -2.11. The van der Waals surface area contributed by atoms with Gasteiger partial charge < -0.3 is 4.74 Å². The highest BCUT2D eigenvalue weighted by Crippen LogP contribution is 2.28. The standard InChI is InChI=1S/C20H22O2/c1-4-15-9-7-11-17(13-15)20(22-19(21)6-3)18-12-8-10-16(5-2)14-18/h6-14,20H,3-5H2,1-2H3. The first-order valence-electron chi connectivity index (χ1n) is 7.68. The van der Waals surface area contributed by atoms with E-state index in [2.05, 4.69) is 44.7 Å². The van der Waals surface area contributed by atoms with Crippen LogP contribution in [0.2, 0.25) is 0 Å². The molecule has 0 spiro atoms. The minimum Gasteiger partial charge on any atom is -0.449 e. The molecule has 2 nitrogen and oxygen atoms in total. The third kappa shape index (κ3) is 3.85. The Hall–Kier alpha value is -2.35. The van der Waals surface area contributed by atoms with Gasteiger partial charge in [0, 0.05) is 6.08 Å². The van der Waals surface area contributed by atoms with Crippen LogP contribution < -0.4 is 0 Å². The fraction of sp³-hybridized carbons (Fsp3) is 0.250. The molecular weight excluding hydrogens is 272 g/mol. The number of hydrogen-bond acceptors (Lipinski definition) is 2. The van der Waals surface area contributed by atoms with Crippen LogP contribution >= 0.6 is 0 Å². The van der Waals surface area contributed by atoms with Gasteiger partial charge in [0.1, 0.15) is 0 Å². The van der Waals surface area contributed by atoms with Gasteiger partial charge in [0.25, 0.3) is 0 Å². The van der Waals surface area contributed by atoms with Crippen molar-refractivity contribution in [3.63, 3.8) is 0 Å². The summed E-state index contributed by atoms with van der Waals surface area (Å²) >= 11 is 0. The smallest absolute Gasteiger partial charge is 0.331 e. The molecule has 0 bridgehead atoms. The lowest BCUT2D eigenvalue weighted by atomic mass is 9.97. The Kier molecular flexibility index (Phi) is 5.54. The van der Waals surface area contributed by atoms with Gasteiger partial charge in [-0.3, -0.25) is 0 Å². The van der Waals surface area contributed by atoms with Crippen molar-refractivity contribution in [3.8, 4) is 0 Å². The predicted molar refractivity (Wildman–Crippen MR) is 89.8 cm³/mol. The maximum Gasteiger partial charge on any atom is 0.331 e. The van der Waals surface area contributed by atoms with Crippen LogP contribution in [-0.4, -0.2) is 5.97 Å². The fourth-order valence-electron chi connectivity index (χ4n) is 2.45. The number of aryl methyl sites for hydroxylation is 2. The number of carbonyl (C=O) groups excluding carboxylic acids is 1. The van der Waals surface area contributed by atoms with Crippen molar-refractivity contribution in [3.05, 3.63) is 83.4 Å². The van der Waals surface area contributed by atoms with E-state index in [9.17, 15) is 4.79 Å². The second kappa shape index (κ2) is 7.60. The summed E-state index contributed by atoms with van der Waals surface area (Å²) in [5, 5.41) is 0. The molecule has 2 aromatic rings. The molecule has 0 aliphatic heterocycles. The van der Waals surface area contributed by atoms with E-state index in [-0.39, 0.29) is 0 Å². The summed E-state index contributed by atoms with van der Waals surface area (Å²) in [5.41, 5.74) is 4.43. The van der Waals surface area contributed by atoms with Gasteiger partial charge in [-0.25, -0.2) is 4.79 Å². The molecule has 2 aromatic carbocycles. The van der Waals surface area contributed by atoms with Gasteiger partial charge in [-0.05, 0) is 35.1 Å². The van der Waals surface area contributed by atoms with Crippen molar-refractivity contribution < 1.29 is 9.53 Å². The van der Waals surface area contributed by atoms with Crippen LogP contribution in [-0.2, 0) is 22.4 Å². The molecule has 114 valence electrons. The molecule has 0 aliphatic rings. The SMILES string of the molecule is C=CC(=O)OC(c1cccc(CC)c1)c1cccc(CC)c1. The summed E-state index contributed by atoms with van der Waals surface area (Å²) in [6.45, 7) is 7.72. The lowest BCUT2D eigenvalue weighted by molar-refractivity contribution is -0.141. The predicted octanol–water partition coefficient (Wildman–Crippen LogP) is 4.63. The molecule has 0 fully saturated rings. The Morgan fingerprint density at radius 1 is 1.05 bits per heavy atom. The first-order valence-corrected chi connectivity index (χ1v) is 7.68. The van der Waals surface area contributed by atoms with Crippen LogP contribution in [0.4, 0.5) is 0 Å². The average Bonchev–Trinajstić information content (AvgIpc) is 2.59. The molecule has 0 amide bonds. The van der Waals surface area contributed by atoms with Crippen molar-refractivity contribution in [1.29, 1.82) is 0 Å². The average molecular weight is 294 g/mol. The Balaban J connectivity index is 2.44. The molecule has 0 radical (unpaired) electrons. The summed E-state index contributed by atoms with van der Waals surface area (Å²) in [6, 6.07) is 16.4. The summed E-state index contributed by atoms with van der Waals surface area (Å²) in [7, 11) is 0. The quantitative estimate of drug-likeness (QED) is 0.573. The van der Waals surface area contributed by atoms with Gasteiger partial charge in [-0.2, -0.15) is 0 Å². The molecule has 0 aliphatic carbocycles. The van der Waals surface area contributed by atoms with Crippen molar-refractivity contribution in [2.75, 3.05) is 0 Å². The van der Waals surface area contributed by atoms with E-state index >= 15 is 0 Å². The maximum atomic E-state index is 11.7. The van der Waals surface area contributed by atoms with E-state index in [1.807, 2.05) is 24.3 Å². The second-order valence-corrected chi connectivity index (χ2v) is 5.22. The van der Waals surface area contributed by atoms with E-state index in [1.165, 1.54) is 17.2 Å². The Morgan fingerprint density at radius 3 is 1.95 bits per heavy atom. The molecule has 22 heavy (non-hydrogen) atoms. The van der Waals surface area contributed by atoms with Crippen molar-refractivity contribution in [1.82, 2.24) is 0 Å². The molecule has 0 heterocycles. The first-order chi connectivity index (χ1) is 10.7. The van der Waals surface area contributed by atoms with Crippen LogP contribution in [0, 0.1) is 0 Å². The number of rotatable bonds is 6. The number of ether oxygens (including phenoxy) is 1. The molecular formula is C20H22O2. The van der Waals surface area contributed by atoms with Crippen molar-refractivity contribution >= 4 is 5.97 Å². The zero-order valence-electron chi connectivity index (χ0n) is 13.2. The summed E-state index contributed by atoms with van der Waals surface area (Å²) in [4.78, 5) is 11.7. The monoisotopic (exact) mass is 294 g/mol. The Bertz CT molecular complexity index is 611. The van der Waals surface area contributed by atoms with Gasteiger partial charge in [-0.1, -0.05) is 69.0 Å². The van der Waals surface area contributed by atoms with Crippen LogP contribution in [0.1, 0.15) is 42.2 Å². The molecule has 0 atom stereocenters. The van der Waals surface area contributed by atoms with Gasteiger partial charge >= 0.3 is 5.97 Å². The molecule has 0 N–H and O–H groups in total. The summed E-state index contributed by atoms with van der Waals surface area (Å²) < 4.78 is 5.61. The zero-order valence-corrected chi connectivity index (χ0v) is 13.2. The van der Waals surface area contributed by atoms with Gasteiger partial charge in [-0.15, -0.1) is 0 Å². The highest BCUT2D eigenvalue weighted by Gasteiger charge is 2.18. The third-order valence-corrected chi connectivity index (χ3v) is 3.72. The lowest BCUT2D eigenvalue weighted by Gasteiger charge is -2.19. The van der Waals surface area contributed by atoms with Gasteiger partial charge in [0.15, 0.2) is 6.10 Å². The maximum absolute atomic E-state index is 11.7. The Morgan fingerprint density at radius 2 is 1.55 bits per heavy atom. The molecule has 2 rings (SSSR count). The van der Waals surface area contributed by atoms with E-state index in [0.717, 1.165) is 24.0 Å². The number of carbonyl (C=O) groups is 1. The first kappa shape index (κ1) is 16.0. The fourth-order valence-corrected chi connectivity index (χ4v) is 2.45. The number of benzene rings is 2. The van der Waals surface area contributed by atoms with Crippen LogP contribution in [0.25, 0.3) is 0 Å². The van der Waals surface area contributed by atoms with Gasteiger partial charge in [0.2, 0.25) is 0 Å². The molecule has 0 saturated heterocycles. The topological polar surface area (TPSA) is 26.3 Å². The highest BCUT2D eigenvalue weighted by atomic mass is 16.5. The third-order valence-electron chi connectivity index (χ3n) is 3.72. The van der Waals surface area contributed by atoms with E-state index in [1.54, 1.807) is 0 Å². The Labute approximate surface area is 132 Å². The van der Waals surface area contributed by atoms with Crippen LogP contribution in [0.3, 0.4) is 0 Å². The van der Waals surface area contributed by atoms with Crippen LogP contribution in [0.5, 0.6) is 0 Å². The summed E-state index contributed by atoms with van der Waals surface area (Å²) in [6.07, 6.45) is 2.71. The van der Waals surface area contributed by atoms with E-state index < -0.39 is 12.1 Å².